The van der Waals surface area contributed by atoms with Crippen molar-refractivity contribution in [3.8, 4) is 0 Å². The number of hydrogen-bond acceptors (Lipinski definition) is 5. The van der Waals surface area contributed by atoms with E-state index in [1.807, 2.05) is 19.9 Å². The quantitative estimate of drug-likeness (QED) is 0.776. The van der Waals surface area contributed by atoms with Gasteiger partial charge in [-0.3, -0.25) is 9.59 Å². The van der Waals surface area contributed by atoms with Crippen molar-refractivity contribution in [2.75, 3.05) is 18.5 Å². The molecule has 0 saturated heterocycles. The molecule has 0 aliphatic heterocycles. The zero-order chi connectivity index (χ0) is 18.4. The van der Waals surface area contributed by atoms with Crippen LogP contribution in [0.15, 0.2) is 30.3 Å². The van der Waals surface area contributed by atoms with Gasteiger partial charge in [-0.15, -0.1) is 11.3 Å². The summed E-state index contributed by atoms with van der Waals surface area (Å²) >= 11 is 1.31. The second-order valence-corrected chi connectivity index (χ2v) is 6.53. The number of carbonyl (C=O) groups is 3. The number of esters is 1. The van der Waals surface area contributed by atoms with Gasteiger partial charge < -0.3 is 15.4 Å². The first-order valence-electron chi connectivity index (χ1n) is 7.84. The van der Waals surface area contributed by atoms with Crippen LogP contribution < -0.4 is 10.6 Å². The molecule has 25 heavy (non-hydrogen) atoms. The smallest absolute Gasteiger partial charge is 0.341 e. The molecule has 0 atom stereocenters. The predicted molar refractivity (Wildman–Crippen MR) is 97.2 cm³/mol. The number of nitrogens with one attached hydrogen (secondary N) is 2. The molecule has 1 aromatic heterocycles. The average Bonchev–Trinajstić information content (AvgIpc) is 2.87. The molecule has 7 heteroatoms. The van der Waals surface area contributed by atoms with Crippen LogP contribution in [0.5, 0.6) is 0 Å². The maximum atomic E-state index is 12.1. The van der Waals surface area contributed by atoms with Crippen LogP contribution in [0.2, 0.25) is 0 Å². The van der Waals surface area contributed by atoms with Crippen molar-refractivity contribution in [3.05, 3.63) is 51.9 Å². The van der Waals surface area contributed by atoms with E-state index < -0.39 is 11.9 Å². The Morgan fingerprint density at radius 3 is 2.44 bits per heavy atom. The van der Waals surface area contributed by atoms with Gasteiger partial charge in [0.1, 0.15) is 5.00 Å². The van der Waals surface area contributed by atoms with Gasteiger partial charge in [-0.1, -0.05) is 18.2 Å². The minimum Gasteiger partial charge on any atom is -0.462 e. The summed E-state index contributed by atoms with van der Waals surface area (Å²) in [5.74, 6) is -1.20. The van der Waals surface area contributed by atoms with Gasteiger partial charge in [0.2, 0.25) is 5.91 Å². The lowest BCUT2D eigenvalue weighted by atomic mass is 10.1. The van der Waals surface area contributed by atoms with E-state index in [-0.39, 0.29) is 19.1 Å². The third-order valence-electron chi connectivity index (χ3n) is 3.56. The van der Waals surface area contributed by atoms with Crippen LogP contribution in [0, 0.1) is 13.8 Å². The first kappa shape index (κ1) is 18.7. The number of hydrogen-bond donors (Lipinski definition) is 2. The SMILES string of the molecule is CCOC(=O)c1c(NC(=O)CNC(=O)c2ccccc2)sc(C)c1C. The molecule has 0 radical (unpaired) electrons. The van der Waals surface area contributed by atoms with E-state index in [1.54, 1.807) is 31.2 Å². The number of rotatable bonds is 6. The molecule has 2 amide bonds. The normalized spacial score (nSPS) is 10.2. The largest absolute Gasteiger partial charge is 0.462 e. The summed E-state index contributed by atoms with van der Waals surface area (Å²) in [6, 6.07) is 8.63. The number of ether oxygens (including phenoxy) is 1. The van der Waals surface area contributed by atoms with Crippen molar-refractivity contribution in [1.82, 2.24) is 5.32 Å². The zero-order valence-corrected chi connectivity index (χ0v) is 15.2. The van der Waals surface area contributed by atoms with Crippen LogP contribution in [-0.4, -0.2) is 30.9 Å². The van der Waals surface area contributed by atoms with E-state index in [4.69, 9.17) is 4.74 Å². The molecule has 2 N–H and O–H groups in total. The minimum atomic E-state index is -0.465. The summed E-state index contributed by atoms with van der Waals surface area (Å²) in [7, 11) is 0. The summed E-state index contributed by atoms with van der Waals surface area (Å²) in [5, 5.41) is 5.67. The maximum Gasteiger partial charge on any atom is 0.341 e. The molecule has 2 aromatic rings. The Morgan fingerprint density at radius 2 is 1.80 bits per heavy atom. The van der Waals surface area contributed by atoms with Crippen LogP contribution in [-0.2, 0) is 9.53 Å². The van der Waals surface area contributed by atoms with Gasteiger partial charge in [0, 0.05) is 10.4 Å². The Hall–Kier alpha value is -2.67. The summed E-state index contributed by atoms with van der Waals surface area (Å²) in [5.41, 5.74) is 1.63. The summed E-state index contributed by atoms with van der Waals surface area (Å²) in [4.78, 5) is 37.1. The van der Waals surface area contributed by atoms with Crippen molar-refractivity contribution < 1.29 is 19.1 Å². The third kappa shape index (κ3) is 4.67. The molecule has 0 fully saturated rings. The molecule has 0 aliphatic carbocycles. The van der Waals surface area contributed by atoms with E-state index in [1.165, 1.54) is 11.3 Å². The van der Waals surface area contributed by atoms with Crippen molar-refractivity contribution in [3.63, 3.8) is 0 Å². The monoisotopic (exact) mass is 360 g/mol. The number of aryl methyl sites for hydroxylation is 1. The van der Waals surface area contributed by atoms with E-state index in [0.717, 1.165) is 10.4 Å². The van der Waals surface area contributed by atoms with Crippen molar-refractivity contribution in [2.45, 2.75) is 20.8 Å². The fraction of sp³-hybridized carbons (Fsp3) is 0.278. The number of anilines is 1. The highest BCUT2D eigenvalue weighted by molar-refractivity contribution is 7.16. The lowest BCUT2D eigenvalue weighted by Gasteiger charge is -2.08. The fourth-order valence-corrected chi connectivity index (χ4v) is 3.25. The van der Waals surface area contributed by atoms with Crippen molar-refractivity contribution >= 4 is 34.1 Å². The third-order valence-corrected chi connectivity index (χ3v) is 4.69. The van der Waals surface area contributed by atoms with Gasteiger partial charge >= 0.3 is 5.97 Å². The van der Waals surface area contributed by atoms with Crippen molar-refractivity contribution in [2.24, 2.45) is 0 Å². The van der Waals surface area contributed by atoms with Gasteiger partial charge in [-0.05, 0) is 38.5 Å². The van der Waals surface area contributed by atoms with E-state index in [9.17, 15) is 14.4 Å². The molecular formula is C18H20N2O4S. The topological polar surface area (TPSA) is 84.5 Å². The molecule has 0 unspecified atom stereocenters. The minimum absolute atomic E-state index is 0.189. The number of benzene rings is 1. The summed E-state index contributed by atoms with van der Waals surface area (Å²) in [6.45, 7) is 5.48. The average molecular weight is 360 g/mol. The Labute approximate surface area is 150 Å². The highest BCUT2D eigenvalue weighted by Gasteiger charge is 2.22. The molecule has 0 spiro atoms. The molecule has 0 saturated carbocycles. The van der Waals surface area contributed by atoms with Gasteiger partial charge in [0.25, 0.3) is 5.91 Å². The number of amides is 2. The van der Waals surface area contributed by atoms with Gasteiger partial charge in [0.05, 0.1) is 18.7 Å². The van der Waals surface area contributed by atoms with Gasteiger partial charge in [-0.2, -0.15) is 0 Å². The number of carbonyl (C=O) groups excluding carboxylic acids is 3. The molecule has 1 heterocycles. The first-order valence-corrected chi connectivity index (χ1v) is 8.65. The highest BCUT2D eigenvalue weighted by Crippen LogP contribution is 2.32. The van der Waals surface area contributed by atoms with E-state index in [0.29, 0.717) is 16.1 Å². The first-order chi connectivity index (χ1) is 11.9. The molecule has 132 valence electrons. The lowest BCUT2D eigenvalue weighted by Crippen LogP contribution is -2.33. The van der Waals surface area contributed by atoms with Crippen LogP contribution in [0.1, 0.15) is 38.1 Å². The molecule has 0 bridgehead atoms. The lowest BCUT2D eigenvalue weighted by molar-refractivity contribution is -0.115. The maximum absolute atomic E-state index is 12.1. The van der Waals surface area contributed by atoms with Gasteiger partial charge in [0.15, 0.2) is 0 Å². The Bertz CT molecular complexity index is 784. The molecule has 6 nitrogen and oxygen atoms in total. The highest BCUT2D eigenvalue weighted by atomic mass is 32.1. The molecule has 0 aliphatic rings. The Morgan fingerprint density at radius 1 is 1.12 bits per heavy atom. The van der Waals surface area contributed by atoms with Crippen LogP contribution in [0.3, 0.4) is 0 Å². The van der Waals surface area contributed by atoms with Crippen LogP contribution in [0.25, 0.3) is 0 Å². The van der Waals surface area contributed by atoms with E-state index >= 15 is 0 Å². The standard InChI is InChI=1S/C18H20N2O4S/c1-4-24-18(23)15-11(2)12(3)25-17(15)20-14(21)10-19-16(22)13-8-6-5-7-9-13/h5-9H,4,10H2,1-3H3,(H,19,22)(H,20,21). The fourth-order valence-electron chi connectivity index (χ4n) is 2.19. The summed E-state index contributed by atoms with van der Waals surface area (Å²) < 4.78 is 5.05. The van der Waals surface area contributed by atoms with E-state index in [2.05, 4.69) is 10.6 Å². The van der Waals surface area contributed by atoms with Crippen molar-refractivity contribution in [1.29, 1.82) is 0 Å². The predicted octanol–water partition coefficient (Wildman–Crippen LogP) is 2.91. The Balaban J connectivity index is 2.02. The number of thiophene rings is 1. The second-order valence-electron chi connectivity index (χ2n) is 5.30. The van der Waals surface area contributed by atoms with Crippen LogP contribution >= 0.6 is 11.3 Å². The molecule has 1 aromatic carbocycles. The zero-order valence-electron chi connectivity index (χ0n) is 14.3. The molecule has 2 rings (SSSR count). The summed E-state index contributed by atoms with van der Waals surface area (Å²) in [6.07, 6.45) is 0. The molecular weight excluding hydrogens is 340 g/mol. The van der Waals surface area contributed by atoms with Gasteiger partial charge in [-0.25, -0.2) is 4.79 Å². The Kier molecular flexibility index (Phi) is 6.30. The van der Waals surface area contributed by atoms with Crippen LogP contribution in [0.4, 0.5) is 5.00 Å². The second kappa shape index (κ2) is 8.43.